The Labute approximate surface area is 118 Å². The molecule has 4 heteroatoms. The van der Waals surface area contributed by atoms with Crippen molar-refractivity contribution in [3.63, 3.8) is 0 Å². The largest absolute Gasteiger partial charge is 0.496 e. The molecule has 0 aliphatic carbocycles. The minimum atomic E-state index is -0.00249. The molecule has 2 heterocycles. The number of ether oxygens (including phenoxy) is 1. The summed E-state index contributed by atoms with van der Waals surface area (Å²) in [6, 6.07) is 4.21. The summed E-state index contributed by atoms with van der Waals surface area (Å²) in [7, 11) is 1.70. The van der Waals surface area contributed by atoms with Crippen LogP contribution in [0.3, 0.4) is 0 Å². The van der Waals surface area contributed by atoms with Crippen LogP contribution in [0.15, 0.2) is 18.3 Å². The second kappa shape index (κ2) is 5.72. The average Bonchev–Trinajstić information content (AvgIpc) is 2.80. The first kappa shape index (κ1) is 14.0. The summed E-state index contributed by atoms with van der Waals surface area (Å²) in [5, 5.41) is 0. The molecular formula is C15H20N2OS. The zero-order valence-electron chi connectivity index (χ0n) is 11.9. The summed E-state index contributed by atoms with van der Waals surface area (Å²) < 4.78 is 5.43. The molecule has 0 aliphatic rings. The Morgan fingerprint density at radius 3 is 2.63 bits per heavy atom. The number of pyridine rings is 1. The van der Waals surface area contributed by atoms with Crippen LogP contribution in [-0.2, 0) is 6.42 Å². The predicted octanol–water partition coefficient (Wildman–Crippen LogP) is 3.32. The van der Waals surface area contributed by atoms with Crippen molar-refractivity contribution in [2.75, 3.05) is 7.11 Å². The number of thiophene rings is 1. The molecule has 19 heavy (non-hydrogen) atoms. The van der Waals surface area contributed by atoms with E-state index in [0.717, 1.165) is 29.0 Å². The van der Waals surface area contributed by atoms with E-state index < -0.39 is 0 Å². The molecule has 0 bridgehead atoms. The Kier molecular flexibility index (Phi) is 4.22. The summed E-state index contributed by atoms with van der Waals surface area (Å²) in [6.45, 7) is 6.14. The molecule has 3 nitrogen and oxygen atoms in total. The van der Waals surface area contributed by atoms with Gasteiger partial charge < -0.3 is 10.5 Å². The average molecular weight is 276 g/mol. The van der Waals surface area contributed by atoms with Gasteiger partial charge in [0.15, 0.2) is 0 Å². The van der Waals surface area contributed by atoms with E-state index in [9.17, 15) is 0 Å². The van der Waals surface area contributed by atoms with Crippen molar-refractivity contribution in [1.29, 1.82) is 0 Å². The zero-order chi connectivity index (χ0) is 14.0. The molecule has 0 fully saturated rings. The summed E-state index contributed by atoms with van der Waals surface area (Å²) in [5.41, 5.74) is 9.43. The van der Waals surface area contributed by atoms with Gasteiger partial charge in [-0.2, -0.15) is 0 Å². The van der Waals surface area contributed by atoms with Crippen LogP contribution in [0.25, 0.3) is 0 Å². The number of aromatic nitrogens is 1. The van der Waals surface area contributed by atoms with Gasteiger partial charge >= 0.3 is 0 Å². The van der Waals surface area contributed by atoms with Crippen LogP contribution in [0.2, 0.25) is 0 Å². The number of hydrogen-bond donors (Lipinski definition) is 1. The van der Waals surface area contributed by atoms with Crippen LogP contribution in [-0.4, -0.2) is 12.1 Å². The molecule has 2 aromatic heterocycles. The van der Waals surface area contributed by atoms with Gasteiger partial charge in [0.05, 0.1) is 7.11 Å². The Morgan fingerprint density at radius 1 is 1.32 bits per heavy atom. The van der Waals surface area contributed by atoms with Gasteiger partial charge in [-0.05, 0) is 32.9 Å². The van der Waals surface area contributed by atoms with Crippen LogP contribution in [0.1, 0.15) is 32.6 Å². The molecule has 1 unspecified atom stereocenters. The number of nitrogens with two attached hydrogens (primary N) is 1. The van der Waals surface area contributed by atoms with Crippen LogP contribution >= 0.6 is 11.3 Å². The van der Waals surface area contributed by atoms with Crippen molar-refractivity contribution in [2.24, 2.45) is 5.73 Å². The van der Waals surface area contributed by atoms with Crippen molar-refractivity contribution < 1.29 is 4.74 Å². The van der Waals surface area contributed by atoms with Crippen molar-refractivity contribution >= 4 is 11.3 Å². The minimum absolute atomic E-state index is 0.00249. The lowest BCUT2D eigenvalue weighted by Crippen LogP contribution is -2.14. The number of methoxy groups -OCH3 is 1. The molecule has 2 aromatic rings. The zero-order valence-corrected chi connectivity index (χ0v) is 12.7. The Balaban J connectivity index is 2.24. The Bertz CT molecular complexity index is 578. The maximum atomic E-state index is 6.27. The van der Waals surface area contributed by atoms with E-state index >= 15 is 0 Å². The van der Waals surface area contributed by atoms with E-state index in [1.54, 1.807) is 18.4 Å². The normalized spacial score (nSPS) is 12.5. The summed E-state index contributed by atoms with van der Waals surface area (Å²) in [5.74, 6) is 0.916. The van der Waals surface area contributed by atoms with Crippen LogP contribution in [0, 0.1) is 20.8 Å². The third-order valence-corrected chi connectivity index (χ3v) is 4.42. The first-order chi connectivity index (χ1) is 9.02. The Hall–Kier alpha value is -1.39. The topological polar surface area (TPSA) is 48.1 Å². The molecule has 0 amide bonds. The van der Waals surface area contributed by atoms with Crippen LogP contribution in [0.5, 0.6) is 5.75 Å². The van der Waals surface area contributed by atoms with Gasteiger partial charge in [0.25, 0.3) is 0 Å². The molecule has 0 saturated carbocycles. The number of rotatable bonds is 4. The maximum absolute atomic E-state index is 6.27. The highest BCUT2D eigenvalue weighted by Gasteiger charge is 2.15. The van der Waals surface area contributed by atoms with Crippen LogP contribution in [0.4, 0.5) is 0 Å². The van der Waals surface area contributed by atoms with E-state index in [1.807, 2.05) is 20.0 Å². The fraction of sp³-hybridized carbons (Fsp3) is 0.400. The third-order valence-electron chi connectivity index (χ3n) is 3.29. The second-order valence-electron chi connectivity index (χ2n) is 4.81. The summed E-state index contributed by atoms with van der Waals surface area (Å²) in [4.78, 5) is 7.00. The lowest BCUT2D eigenvalue weighted by molar-refractivity contribution is 0.406. The molecule has 0 aromatic carbocycles. The monoisotopic (exact) mass is 276 g/mol. The highest BCUT2D eigenvalue weighted by atomic mass is 32.1. The molecule has 0 spiro atoms. The van der Waals surface area contributed by atoms with Gasteiger partial charge in [0.1, 0.15) is 5.75 Å². The van der Waals surface area contributed by atoms with Gasteiger partial charge in [0, 0.05) is 45.2 Å². The van der Waals surface area contributed by atoms with Crippen molar-refractivity contribution in [1.82, 2.24) is 4.98 Å². The van der Waals surface area contributed by atoms with Crippen molar-refractivity contribution in [3.8, 4) is 5.75 Å². The highest BCUT2D eigenvalue weighted by molar-refractivity contribution is 7.12. The number of nitrogens with zero attached hydrogens (tertiary/aromatic N) is 1. The van der Waals surface area contributed by atoms with Gasteiger partial charge in [-0.15, -0.1) is 11.3 Å². The van der Waals surface area contributed by atoms with Crippen molar-refractivity contribution in [2.45, 2.75) is 33.2 Å². The number of aryl methyl sites for hydroxylation is 2. The lowest BCUT2D eigenvalue weighted by Gasteiger charge is -2.15. The van der Waals surface area contributed by atoms with Gasteiger partial charge in [-0.3, -0.25) is 4.98 Å². The SMILES string of the molecule is COc1c(C)cnc(CC(N)c2ccc(C)s2)c1C. The first-order valence-electron chi connectivity index (χ1n) is 6.34. The second-order valence-corrected chi connectivity index (χ2v) is 6.12. The molecule has 1 atom stereocenters. The van der Waals surface area contributed by atoms with Crippen molar-refractivity contribution in [3.05, 3.63) is 44.9 Å². The standard InChI is InChI=1S/C15H20N2OS/c1-9-8-17-13(11(3)15(9)18-4)7-12(16)14-6-5-10(2)19-14/h5-6,8,12H,7,16H2,1-4H3. The quantitative estimate of drug-likeness (QED) is 0.932. The molecule has 2 N–H and O–H groups in total. The number of hydrogen-bond acceptors (Lipinski definition) is 4. The minimum Gasteiger partial charge on any atom is -0.496 e. The fourth-order valence-electron chi connectivity index (χ4n) is 2.24. The molecule has 0 aliphatic heterocycles. The molecular weight excluding hydrogens is 256 g/mol. The van der Waals surface area contributed by atoms with E-state index in [4.69, 9.17) is 10.5 Å². The van der Waals surface area contributed by atoms with E-state index in [2.05, 4.69) is 24.0 Å². The van der Waals surface area contributed by atoms with E-state index in [-0.39, 0.29) is 6.04 Å². The van der Waals surface area contributed by atoms with Gasteiger partial charge in [-0.1, -0.05) is 0 Å². The van der Waals surface area contributed by atoms with E-state index in [1.165, 1.54) is 9.75 Å². The van der Waals surface area contributed by atoms with Gasteiger partial charge in [0.2, 0.25) is 0 Å². The third kappa shape index (κ3) is 2.96. The Morgan fingerprint density at radius 2 is 2.05 bits per heavy atom. The maximum Gasteiger partial charge on any atom is 0.128 e. The van der Waals surface area contributed by atoms with Crippen LogP contribution < -0.4 is 10.5 Å². The molecule has 0 radical (unpaired) electrons. The molecule has 2 rings (SSSR count). The van der Waals surface area contributed by atoms with Gasteiger partial charge in [-0.25, -0.2) is 0 Å². The highest BCUT2D eigenvalue weighted by Crippen LogP contribution is 2.28. The fourth-order valence-corrected chi connectivity index (χ4v) is 3.12. The smallest absolute Gasteiger partial charge is 0.128 e. The summed E-state index contributed by atoms with van der Waals surface area (Å²) >= 11 is 1.75. The predicted molar refractivity (Wildman–Crippen MR) is 80.0 cm³/mol. The molecule has 102 valence electrons. The summed E-state index contributed by atoms with van der Waals surface area (Å²) in [6.07, 6.45) is 2.59. The van der Waals surface area contributed by atoms with E-state index in [0.29, 0.717) is 0 Å². The molecule has 0 saturated heterocycles. The first-order valence-corrected chi connectivity index (χ1v) is 7.15. The lowest BCUT2D eigenvalue weighted by atomic mass is 10.0.